The van der Waals surface area contributed by atoms with Gasteiger partial charge in [-0.05, 0) is 19.4 Å². The van der Waals surface area contributed by atoms with E-state index >= 15 is 0 Å². The van der Waals surface area contributed by atoms with E-state index in [0.29, 0.717) is 0 Å². The molecule has 0 aliphatic carbocycles. The Morgan fingerprint density at radius 1 is 0.828 bits per heavy atom. The molecule has 2 heterocycles. The average Bonchev–Trinajstić information content (AvgIpc) is 3.30. The largest absolute Gasteiger partial charge is 0.308 e. The molecule has 0 saturated carbocycles. The first-order valence-corrected chi connectivity index (χ1v) is 9.94. The molecular weight excluding hydrogens is 358 g/mol. The molecule has 5 heteroatoms. The summed E-state index contributed by atoms with van der Waals surface area (Å²) in [5, 5.41) is 12.7. The Kier molecular flexibility index (Phi) is 5.58. The van der Waals surface area contributed by atoms with Crippen LogP contribution in [0.1, 0.15) is 27.8 Å². The standard InChI is InChI=1S/C24H27N5/c1-18-4-8-20(9-5-18)16-29-17-23(14-25-12-21-13-26-28(3)15-21)24(27-29)22-10-6-19(2)7-11-22/h4-11,13,15,17,25H,12,14,16H2,1-3H3. The summed E-state index contributed by atoms with van der Waals surface area (Å²) in [6, 6.07) is 17.2. The zero-order valence-corrected chi connectivity index (χ0v) is 17.3. The lowest BCUT2D eigenvalue weighted by molar-refractivity contribution is 0.677. The summed E-state index contributed by atoms with van der Waals surface area (Å²) >= 11 is 0. The van der Waals surface area contributed by atoms with E-state index in [4.69, 9.17) is 5.10 Å². The summed E-state index contributed by atoms with van der Waals surface area (Å²) in [6.07, 6.45) is 6.09. The minimum absolute atomic E-state index is 0.756. The van der Waals surface area contributed by atoms with E-state index in [9.17, 15) is 0 Å². The molecule has 0 aliphatic heterocycles. The monoisotopic (exact) mass is 385 g/mol. The third kappa shape index (κ3) is 4.81. The van der Waals surface area contributed by atoms with Crippen molar-refractivity contribution in [3.05, 3.63) is 94.9 Å². The second-order valence-corrected chi connectivity index (χ2v) is 7.68. The smallest absolute Gasteiger partial charge is 0.0968 e. The minimum atomic E-state index is 0.756. The second-order valence-electron chi connectivity index (χ2n) is 7.68. The summed E-state index contributed by atoms with van der Waals surface area (Å²) in [5.41, 5.74) is 8.34. The van der Waals surface area contributed by atoms with Gasteiger partial charge >= 0.3 is 0 Å². The molecule has 29 heavy (non-hydrogen) atoms. The van der Waals surface area contributed by atoms with Gasteiger partial charge in [-0.3, -0.25) is 9.36 Å². The fraction of sp³-hybridized carbons (Fsp3) is 0.250. The molecule has 148 valence electrons. The molecule has 2 aromatic carbocycles. The van der Waals surface area contributed by atoms with Crippen molar-refractivity contribution >= 4 is 0 Å². The van der Waals surface area contributed by atoms with Crippen LogP contribution < -0.4 is 5.32 Å². The first-order chi connectivity index (χ1) is 14.1. The van der Waals surface area contributed by atoms with E-state index in [1.165, 1.54) is 27.8 Å². The second kappa shape index (κ2) is 8.45. The van der Waals surface area contributed by atoms with Gasteiger partial charge in [-0.2, -0.15) is 10.2 Å². The first kappa shape index (κ1) is 19.2. The van der Waals surface area contributed by atoms with Crippen LogP contribution in [0.25, 0.3) is 11.3 Å². The van der Waals surface area contributed by atoms with Crippen molar-refractivity contribution in [3.8, 4) is 11.3 Å². The molecule has 0 atom stereocenters. The zero-order valence-electron chi connectivity index (χ0n) is 17.3. The van der Waals surface area contributed by atoms with E-state index < -0.39 is 0 Å². The van der Waals surface area contributed by atoms with Crippen molar-refractivity contribution < 1.29 is 0 Å². The summed E-state index contributed by atoms with van der Waals surface area (Å²) < 4.78 is 3.87. The molecule has 1 N–H and O–H groups in total. The number of aromatic nitrogens is 4. The highest BCUT2D eigenvalue weighted by atomic mass is 15.3. The fourth-order valence-electron chi connectivity index (χ4n) is 3.41. The number of hydrogen-bond acceptors (Lipinski definition) is 3. The van der Waals surface area contributed by atoms with E-state index in [0.717, 1.165) is 30.9 Å². The SMILES string of the molecule is Cc1ccc(Cn2cc(CNCc3cnn(C)c3)c(-c3ccc(C)cc3)n2)cc1. The Balaban J connectivity index is 1.55. The number of nitrogens with zero attached hydrogens (tertiary/aromatic N) is 4. The molecule has 0 spiro atoms. The van der Waals surface area contributed by atoms with Gasteiger partial charge in [-0.25, -0.2) is 0 Å². The highest BCUT2D eigenvalue weighted by Crippen LogP contribution is 2.23. The summed E-state index contributed by atoms with van der Waals surface area (Å²) in [5.74, 6) is 0. The Bertz CT molecular complexity index is 1070. The van der Waals surface area contributed by atoms with Crippen molar-refractivity contribution in [2.75, 3.05) is 0 Å². The molecule has 0 bridgehead atoms. The van der Waals surface area contributed by atoms with E-state index in [1.54, 1.807) is 0 Å². The Hall–Kier alpha value is -3.18. The first-order valence-electron chi connectivity index (χ1n) is 9.94. The molecule has 5 nitrogen and oxygen atoms in total. The van der Waals surface area contributed by atoms with Crippen molar-refractivity contribution in [1.82, 2.24) is 24.9 Å². The lowest BCUT2D eigenvalue weighted by Crippen LogP contribution is -2.12. The molecule has 4 aromatic rings. The van der Waals surface area contributed by atoms with Crippen molar-refractivity contribution in [2.45, 2.75) is 33.5 Å². The Labute approximate surface area is 172 Å². The lowest BCUT2D eigenvalue weighted by atomic mass is 10.1. The number of hydrogen-bond donors (Lipinski definition) is 1. The van der Waals surface area contributed by atoms with Crippen molar-refractivity contribution in [2.24, 2.45) is 7.05 Å². The van der Waals surface area contributed by atoms with Crippen LogP contribution in [0.2, 0.25) is 0 Å². The molecule has 0 unspecified atom stereocenters. The normalized spacial score (nSPS) is 11.1. The fourth-order valence-corrected chi connectivity index (χ4v) is 3.41. The third-order valence-corrected chi connectivity index (χ3v) is 5.03. The maximum absolute atomic E-state index is 4.92. The molecule has 4 rings (SSSR count). The van der Waals surface area contributed by atoms with Gasteiger partial charge in [0.1, 0.15) is 0 Å². The Morgan fingerprint density at radius 3 is 2.17 bits per heavy atom. The maximum atomic E-state index is 4.92. The van der Waals surface area contributed by atoms with Crippen LogP contribution in [0.15, 0.2) is 67.1 Å². The molecule has 0 saturated heterocycles. The van der Waals surface area contributed by atoms with Gasteiger partial charge in [0.2, 0.25) is 0 Å². The van der Waals surface area contributed by atoms with Crippen LogP contribution in [-0.2, 0) is 26.7 Å². The van der Waals surface area contributed by atoms with Gasteiger partial charge in [0.25, 0.3) is 0 Å². The molecule has 0 amide bonds. The van der Waals surface area contributed by atoms with Crippen LogP contribution >= 0.6 is 0 Å². The average molecular weight is 386 g/mol. The van der Waals surface area contributed by atoms with Gasteiger partial charge in [-0.15, -0.1) is 0 Å². The van der Waals surface area contributed by atoms with Crippen molar-refractivity contribution in [1.29, 1.82) is 0 Å². The van der Waals surface area contributed by atoms with E-state index in [1.807, 2.05) is 28.8 Å². The lowest BCUT2D eigenvalue weighted by Gasteiger charge is -2.04. The molecule has 0 fully saturated rings. The quantitative estimate of drug-likeness (QED) is 0.518. The van der Waals surface area contributed by atoms with Crippen molar-refractivity contribution in [3.63, 3.8) is 0 Å². The van der Waals surface area contributed by atoms with Gasteiger partial charge in [-0.1, -0.05) is 59.7 Å². The van der Waals surface area contributed by atoms with Gasteiger partial charge < -0.3 is 5.32 Å². The van der Waals surface area contributed by atoms with Gasteiger partial charge in [0.15, 0.2) is 0 Å². The van der Waals surface area contributed by atoms with Crippen LogP contribution in [0.5, 0.6) is 0 Å². The Morgan fingerprint density at radius 2 is 1.52 bits per heavy atom. The predicted octanol–water partition coefficient (Wildman–Crippen LogP) is 4.24. The number of rotatable bonds is 7. The number of benzene rings is 2. The molecule has 0 aliphatic rings. The van der Waals surface area contributed by atoms with Crippen LogP contribution in [0.3, 0.4) is 0 Å². The molecular formula is C24H27N5. The number of nitrogens with one attached hydrogen (secondary N) is 1. The third-order valence-electron chi connectivity index (χ3n) is 5.03. The minimum Gasteiger partial charge on any atom is -0.308 e. The van der Waals surface area contributed by atoms with Gasteiger partial charge in [0.05, 0.1) is 18.4 Å². The molecule has 0 radical (unpaired) electrons. The van der Waals surface area contributed by atoms with E-state index in [2.05, 4.69) is 79.0 Å². The van der Waals surface area contributed by atoms with Crippen LogP contribution in [0.4, 0.5) is 0 Å². The summed E-state index contributed by atoms with van der Waals surface area (Å²) in [7, 11) is 1.94. The topological polar surface area (TPSA) is 47.7 Å². The van der Waals surface area contributed by atoms with Crippen LogP contribution in [-0.4, -0.2) is 19.6 Å². The highest BCUT2D eigenvalue weighted by Gasteiger charge is 2.12. The van der Waals surface area contributed by atoms with Gasteiger partial charge in [0, 0.05) is 49.2 Å². The summed E-state index contributed by atoms with van der Waals surface area (Å²) in [6.45, 7) is 6.52. The number of aryl methyl sites for hydroxylation is 3. The van der Waals surface area contributed by atoms with Crippen LogP contribution in [0, 0.1) is 13.8 Å². The maximum Gasteiger partial charge on any atom is 0.0968 e. The zero-order chi connectivity index (χ0) is 20.2. The summed E-state index contributed by atoms with van der Waals surface area (Å²) in [4.78, 5) is 0. The predicted molar refractivity (Wildman–Crippen MR) is 116 cm³/mol. The van der Waals surface area contributed by atoms with E-state index in [-0.39, 0.29) is 0 Å². The molecule has 2 aromatic heterocycles. The highest BCUT2D eigenvalue weighted by molar-refractivity contribution is 5.63.